The van der Waals surface area contributed by atoms with Crippen LogP contribution in [0.1, 0.15) is 18.9 Å². The van der Waals surface area contributed by atoms with E-state index in [2.05, 4.69) is 4.98 Å². The fraction of sp³-hybridized carbons (Fsp3) is 0.429. The lowest BCUT2D eigenvalue weighted by molar-refractivity contribution is -0.139. The van der Waals surface area contributed by atoms with E-state index >= 15 is 0 Å². The van der Waals surface area contributed by atoms with E-state index in [-0.39, 0.29) is 18.1 Å². The Morgan fingerprint density at radius 3 is 2.50 bits per heavy atom. The summed E-state index contributed by atoms with van der Waals surface area (Å²) in [6, 6.07) is 8.58. The van der Waals surface area contributed by atoms with Gasteiger partial charge in [0.1, 0.15) is 0 Å². The number of nitrogens with two attached hydrogens (primary N) is 1. The summed E-state index contributed by atoms with van der Waals surface area (Å²) in [5.74, 6) is -1.60. The number of carbonyl (C=O) groups excluding carboxylic acids is 3. The van der Waals surface area contributed by atoms with Crippen LogP contribution in [0.3, 0.4) is 0 Å². The van der Waals surface area contributed by atoms with E-state index < -0.39 is 23.8 Å². The molecule has 0 spiro atoms. The van der Waals surface area contributed by atoms with Gasteiger partial charge in [-0.2, -0.15) is 0 Å². The zero-order valence-electron chi connectivity index (χ0n) is 16.9. The van der Waals surface area contributed by atoms with E-state index in [0.717, 1.165) is 10.5 Å². The van der Waals surface area contributed by atoms with Crippen LogP contribution in [0.5, 0.6) is 0 Å². The van der Waals surface area contributed by atoms with Crippen molar-refractivity contribution in [2.75, 3.05) is 31.2 Å². The van der Waals surface area contributed by atoms with Gasteiger partial charge in [0, 0.05) is 24.9 Å². The summed E-state index contributed by atoms with van der Waals surface area (Å²) in [5, 5.41) is 1.63. The molecule has 9 heteroatoms. The summed E-state index contributed by atoms with van der Waals surface area (Å²) in [7, 11) is 0. The Morgan fingerprint density at radius 2 is 1.90 bits per heavy atom. The normalized spacial score (nSPS) is 16.0. The maximum absolute atomic E-state index is 13.5. The highest BCUT2D eigenvalue weighted by Gasteiger charge is 2.35. The number of benzene rings is 1. The molecular formula is C21H26N4O4S. The summed E-state index contributed by atoms with van der Waals surface area (Å²) in [6.07, 6.45) is 0.337. The third-order valence-electron chi connectivity index (χ3n) is 4.94. The number of rotatable bonds is 7. The summed E-state index contributed by atoms with van der Waals surface area (Å²) >= 11 is 1.28. The molecule has 30 heavy (non-hydrogen) atoms. The molecule has 0 bridgehead atoms. The monoisotopic (exact) mass is 430 g/mol. The lowest BCUT2D eigenvalue weighted by atomic mass is 9.93. The molecule has 0 saturated carbocycles. The predicted octanol–water partition coefficient (Wildman–Crippen LogP) is 1.46. The molecule has 1 unspecified atom stereocenters. The van der Waals surface area contributed by atoms with Crippen LogP contribution in [0, 0.1) is 5.92 Å². The van der Waals surface area contributed by atoms with Crippen LogP contribution in [0.4, 0.5) is 5.82 Å². The minimum absolute atomic E-state index is 0.000592. The molecule has 2 N–H and O–H groups in total. The first-order valence-electron chi connectivity index (χ1n) is 9.88. The van der Waals surface area contributed by atoms with Crippen LogP contribution >= 0.6 is 11.3 Å². The number of hydrogen-bond acceptors (Lipinski definition) is 7. The van der Waals surface area contributed by atoms with Crippen molar-refractivity contribution in [3.05, 3.63) is 46.8 Å². The van der Waals surface area contributed by atoms with E-state index in [4.69, 9.17) is 10.5 Å². The topological polar surface area (TPSA) is 106 Å². The highest BCUT2D eigenvalue weighted by atomic mass is 32.1. The SMILES string of the molecule is C[C@@H](N)C(=O)N(C(=O)C(CC(=O)N1CCOCC1)Cc1ccccc1)c1cscn1. The highest BCUT2D eigenvalue weighted by molar-refractivity contribution is 7.08. The molecule has 2 atom stereocenters. The van der Waals surface area contributed by atoms with Gasteiger partial charge in [-0.25, -0.2) is 9.88 Å². The summed E-state index contributed by atoms with van der Waals surface area (Å²) in [4.78, 5) is 46.0. The lowest BCUT2D eigenvalue weighted by Gasteiger charge is -2.30. The Labute approximate surface area is 179 Å². The number of anilines is 1. The first kappa shape index (κ1) is 22.1. The standard InChI is InChI=1S/C21H26N4O4S/c1-15(22)20(27)25(18-13-30-14-23-18)21(28)17(11-16-5-3-2-4-6-16)12-19(26)24-7-9-29-10-8-24/h2-6,13-15,17H,7-12,22H2,1H3/t15-,17?/m1/s1. The molecular weight excluding hydrogens is 404 g/mol. The van der Waals surface area contributed by atoms with Gasteiger partial charge in [0.25, 0.3) is 5.91 Å². The van der Waals surface area contributed by atoms with Crippen molar-refractivity contribution in [1.82, 2.24) is 9.88 Å². The van der Waals surface area contributed by atoms with Crippen LogP contribution in [-0.4, -0.2) is 60.0 Å². The molecule has 8 nitrogen and oxygen atoms in total. The van der Waals surface area contributed by atoms with Gasteiger partial charge in [-0.1, -0.05) is 30.3 Å². The molecule has 0 radical (unpaired) electrons. The maximum atomic E-state index is 13.5. The average Bonchev–Trinajstić information content (AvgIpc) is 3.29. The molecule has 1 saturated heterocycles. The van der Waals surface area contributed by atoms with Crippen molar-refractivity contribution in [1.29, 1.82) is 0 Å². The van der Waals surface area contributed by atoms with E-state index in [1.807, 2.05) is 30.3 Å². The van der Waals surface area contributed by atoms with Crippen LogP contribution < -0.4 is 10.6 Å². The number of carbonyl (C=O) groups is 3. The second-order valence-corrected chi connectivity index (χ2v) is 7.95. The first-order valence-corrected chi connectivity index (χ1v) is 10.8. The average molecular weight is 431 g/mol. The second-order valence-electron chi connectivity index (χ2n) is 7.23. The largest absolute Gasteiger partial charge is 0.378 e. The number of ether oxygens (including phenoxy) is 1. The molecule has 2 aromatic rings. The third kappa shape index (κ3) is 5.50. The fourth-order valence-corrected chi connectivity index (χ4v) is 3.85. The van der Waals surface area contributed by atoms with Gasteiger partial charge in [0.05, 0.1) is 30.7 Å². The van der Waals surface area contributed by atoms with Crippen molar-refractivity contribution in [2.45, 2.75) is 25.8 Å². The quantitative estimate of drug-likeness (QED) is 0.713. The number of thiazole rings is 1. The Bertz CT molecular complexity index is 851. The molecule has 0 aliphatic carbocycles. The second kappa shape index (κ2) is 10.4. The van der Waals surface area contributed by atoms with Gasteiger partial charge in [-0.15, -0.1) is 11.3 Å². The van der Waals surface area contributed by atoms with Crippen molar-refractivity contribution >= 4 is 34.9 Å². The third-order valence-corrected chi connectivity index (χ3v) is 5.51. The molecule has 1 aromatic carbocycles. The van der Waals surface area contributed by atoms with E-state index in [0.29, 0.717) is 32.7 Å². The maximum Gasteiger partial charge on any atom is 0.251 e. The van der Waals surface area contributed by atoms with E-state index in [1.165, 1.54) is 18.3 Å². The number of aromatic nitrogens is 1. The predicted molar refractivity (Wildman–Crippen MR) is 114 cm³/mol. The van der Waals surface area contributed by atoms with Crippen molar-refractivity contribution in [3.8, 4) is 0 Å². The smallest absolute Gasteiger partial charge is 0.251 e. The Hall–Kier alpha value is -2.62. The van der Waals surface area contributed by atoms with Crippen molar-refractivity contribution < 1.29 is 19.1 Å². The number of amides is 3. The van der Waals surface area contributed by atoms with Crippen LogP contribution in [0.15, 0.2) is 41.2 Å². The number of imide groups is 1. The van der Waals surface area contributed by atoms with Gasteiger partial charge >= 0.3 is 0 Å². The Morgan fingerprint density at radius 1 is 1.20 bits per heavy atom. The van der Waals surface area contributed by atoms with E-state index in [9.17, 15) is 14.4 Å². The Kier molecular flexibility index (Phi) is 7.67. The lowest BCUT2D eigenvalue weighted by Crippen LogP contribution is -2.50. The highest BCUT2D eigenvalue weighted by Crippen LogP contribution is 2.23. The summed E-state index contributed by atoms with van der Waals surface area (Å²) < 4.78 is 5.31. The zero-order chi connectivity index (χ0) is 21.5. The summed E-state index contributed by atoms with van der Waals surface area (Å²) in [5.41, 5.74) is 8.26. The first-order chi connectivity index (χ1) is 14.5. The van der Waals surface area contributed by atoms with Crippen molar-refractivity contribution in [3.63, 3.8) is 0 Å². The van der Waals surface area contributed by atoms with Gasteiger partial charge in [-0.05, 0) is 18.9 Å². The van der Waals surface area contributed by atoms with Gasteiger partial charge in [-0.3, -0.25) is 14.4 Å². The Balaban J connectivity index is 1.87. The van der Waals surface area contributed by atoms with Crippen LogP contribution in [0.25, 0.3) is 0 Å². The van der Waals surface area contributed by atoms with Gasteiger partial charge in [0.2, 0.25) is 11.8 Å². The number of nitrogens with zero attached hydrogens (tertiary/aromatic N) is 3. The zero-order valence-corrected chi connectivity index (χ0v) is 17.7. The molecule has 3 amide bonds. The van der Waals surface area contributed by atoms with Gasteiger partial charge in [0.15, 0.2) is 5.82 Å². The minimum Gasteiger partial charge on any atom is -0.378 e. The number of hydrogen-bond donors (Lipinski definition) is 1. The van der Waals surface area contributed by atoms with E-state index in [1.54, 1.807) is 15.8 Å². The minimum atomic E-state index is -0.872. The van der Waals surface area contributed by atoms with Crippen molar-refractivity contribution in [2.24, 2.45) is 11.7 Å². The molecule has 1 aliphatic heterocycles. The molecule has 1 fully saturated rings. The van der Waals surface area contributed by atoms with Crippen LogP contribution in [0.2, 0.25) is 0 Å². The van der Waals surface area contributed by atoms with Gasteiger partial charge < -0.3 is 15.4 Å². The fourth-order valence-electron chi connectivity index (χ4n) is 3.34. The number of morpholine rings is 1. The molecule has 1 aromatic heterocycles. The molecule has 1 aliphatic rings. The molecule has 3 rings (SSSR count). The van der Waals surface area contributed by atoms with Crippen LogP contribution in [-0.2, 0) is 25.5 Å². The summed E-state index contributed by atoms with van der Waals surface area (Å²) in [6.45, 7) is 3.49. The molecule has 2 heterocycles. The molecule has 160 valence electrons.